The lowest BCUT2D eigenvalue weighted by atomic mass is 10.2. The molecule has 26 heavy (non-hydrogen) atoms. The standard InChI is InChI=1S/C18H14ClN3O3S/c19-15-9-5-4-8-13(15)18(23)20-17-14-10-26(24,25)11-16(14)21-22(17)12-6-2-1-3-7-12/h1-9H,10-11H2,(H,20,23). The van der Waals surface area contributed by atoms with Gasteiger partial charge in [0.15, 0.2) is 9.84 Å². The van der Waals surface area contributed by atoms with Gasteiger partial charge in [-0.25, -0.2) is 13.1 Å². The van der Waals surface area contributed by atoms with E-state index in [1.807, 2.05) is 30.3 Å². The van der Waals surface area contributed by atoms with Crippen LogP contribution in [0.3, 0.4) is 0 Å². The van der Waals surface area contributed by atoms with Gasteiger partial charge in [0.1, 0.15) is 5.82 Å². The zero-order valence-corrected chi connectivity index (χ0v) is 15.1. The van der Waals surface area contributed by atoms with E-state index in [2.05, 4.69) is 10.4 Å². The summed E-state index contributed by atoms with van der Waals surface area (Å²) in [5.74, 6) is -0.332. The molecule has 6 nitrogen and oxygen atoms in total. The number of nitrogens with zero attached hydrogens (tertiary/aromatic N) is 2. The van der Waals surface area contributed by atoms with Gasteiger partial charge in [-0.1, -0.05) is 41.9 Å². The molecule has 0 aliphatic carbocycles. The summed E-state index contributed by atoms with van der Waals surface area (Å²) in [4.78, 5) is 12.7. The first-order valence-corrected chi connectivity index (χ1v) is 10.1. The van der Waals surface area contributed by atoms with Crippen LogP contribution in [0.1, 0.15) is 21.6 Å². The van der Waals surface area contributed by atoms with Gasteiger partial charge < -0.3 is 5.32 Å². The molecule has 2 heterocycles. The number of carbonyl (C=O) groups is 1. The van der Waals surface area contributed by atoms with Crippen LogP contribution < -0.4 is 5.32 Å². The summed E-state index contributed by atoms with van der Waals surface area (Å²) in [7, 11) is -3.25. The van der Waals surface area contributed by atoms with Gasteiger partial charge in [-0.3, -0.25) is 4.79 Å². The highest BCUT2D eigenvalue weighted by atomic mass is 35.5. The van der Waals surface area contributed by atoms with Crippen molar-refractivity contribution in [1.29, 1.82) is 0 Å². The van der Waals surface area contributed by atoms with Gasteiger partial charge in [0.25, 0.3) is 5.91 Å². The zero-order valence-electron chi connectivity index (χ0n) is 13.5. The van der Waals surface area contributed by atoms with Crippen molar-refractivity contribution < 1.29 is 13.2 Å². The van der Waals surface area contributed by atoms with E-state index < -0.39 is 15.7 Å². The Bertz CT molecular complexity index is 1110. The van der Waals surface area contributed by atoms with E-state index in [9.17, 15) is 13.2 Å². The molecule has 0 spiro atoms. The fraction of sp³-hybridized carbons (Fsp3) is 0.111. The fourth-order valence-corrected chi connectivity index (χ4v) is 4.66. The maximum absolute atomic E-state index is 12.7. The topological polar surface area (TPSA) is 81.1 Å². The third-order valence-corrected chi connectivity index (χ3v) is 5.91. The van der Waals surface area contributed by atoms with Crippen LogP contribution in [0.4, 0.5) is 5.82 Å². The second-order valence-corrected chi connectivity index (χ2v) is 8.46. The van der Waals surface area contributed by atoms with Gasteiger partial charge in [0.05, 0.1) is 33.5 Å². The van der Waals surface area contributed by atoms with Gasteiger partial charge in [-0.05, 0) is 24.3 Å². The first-order chi connectivity index (χ1) is 12.4. The van der Waals surface area contributed by atoms with Crippen molar-refractivity contribution >= 4 is 33.2 Å². The number of fused-ring (bicyclic) bond motifs is 1. The Morgan fingerprint density at radius 3 is 2.46 bits per heavy atom. The van der Waals surface area contributed by atoms with Crippen LogP contribution in [0, 0.1) is 0 Å². The molecular formula is C18H14ClN3O3S. The van der Waals surface area contributed by atoms with Crippen LogP contribution in [0.5, 0.6) is 0 Å². The molecule has 1 N–H and O–H groups in total. The number of hydrogen-bond acceptors (Lipinski definition) is 4. The minimum Gasteiger partial charge on any atom is -0.306 e. The van der Waals surface area contributed by atoms with E-state index in [0.717, 1.165) is 5.69 Å². The van der Waals surface area contributed by atoms with Crippen LogP contribution in [0.15, 0.2) is 54.6 Å². The number of amides is 1. The molecule has 0 bridgehead atoms. The van der Waals surface area contributed by atoms with E-state index in [-0.39, 0.29) is 11.5 Å². The predicted molar refractivity (Wildman–Crippen MR) is 99.3 cm³/mol. The molecule has 8 heteroatoms. The summed E-state index contributed by atoms with van der Waals surface area (Å²) < 4.78 is 25.5. The molecule has 0 fully saturated rings. The number of hydrogen-bond donors (Lipinski definition) is 1. The molecule has 4 rings (SSSR count). The molecule has 0 radical (unpaired) electrons. The lowest BCUT2D eigenvalue weighted by Crippen LogP contribution is -2.17. The third-order valence-electron chi connectivity index (χ3n) is 4.14. The average molecular weight is 388 g/mol. The number of halogens is 1. The second kappa shape index (κ2) is 6.26. The number of anilines is 1. The third kappa shape index (κ3) is 3.00. The maximum Gasteiger partial charge on any atom is 0.258 e. The number of para-hydroxylation sites is 1. The Morgan fingerprint density at radius 1 is 1.04 bits per heavy atom. The van der Waals surface area contributed by atoms with Crippen molar-refractivity contribution in [2.75, 3.05) is 5.32 Å². The number of sulfone groups is 1. The number of aromatic nitrogens is 2. The fourth-order valence-electron chi connectivity index (χ4n) is 2.95. The maximum atomic E-state index is 12.7. The molecule has 1 aromatic heterocycles. The first kappa shape index (κ1) is 16.8. The van der Waals surface area contributed by atoms with Gasteiger partial charge >= 0.3 is 0 Å². The van der Waals surface area contributed by atoms with Gasteiger partial charge in [0, 0.05) is 5.56 Å². The molecule has 0 atom stereocenters. The summed E-state index contributed by atoms with van der Waals surface area (Å²) >= 11 is 6.10. The van der Waals surface area contributed by atoms with Crippen molar-refractivity contribution in [3.63, 3.8) is 0 Å². The van der Waals surface area contributed by atoms with E-state index in [1.165, 1.54) is 0 Å². The molecule has 3 aromatic rings. The van der Waals surface area contributed by atoms with E-state index in [4.69, 9.17) is 11.6 Å². The quantitative estimate of drug-likeness (QED) is 0.748. The summed E-state index contributed by atoms with van der Waals surface area (Å²) in [5, 5.41) is 7.53. The highest BCUT2D eigenvalue weighted by molar-refractivity contribution is 7.90. The normalized spacial score (nSPS) is 14.8. The Hall–Kier alpha value is -2.64. The predicted octanol–water partition coefficient (Wildman–Crippen LogP) is 3.21. The number of rotatable bonds is 3. The molecule has 1 aliphatic rings. The Balaban J connectivity index is 1.80. The SMILES string of the molecule is O=C(Nc1c2c(nn1-c1ccccc1)CS(=O)(=O)C2)c1ccccc1Cl. The number of nitrogens with one attached hydrogen (secondary N) is 1. The van der Waals surface area contributed by atoms with Crippen LogP contribution >= 0.6 is 11.6 Å². The van der Waals surface area contributed by atoms with E-state index in [0.29, 0.717) is 27.7 Å². The summed E-state index contributed by atoms with van der Waals surface area (Å²) in [6.45, 7) is 0. The average Bonchev–Trinajstić information content (AvgIpc) is 3.09. The minimum atomic E-state index is -3.25. The molecule has 0 saturated carbocycles. The molecule has 0 unspecified atom stereocenters. The van der Waals surface area contributed by atoms with Gasteiger partial charge in [-0.2, -0.15) is 5.10 Å². The lowest BCUT2D eigenvalue weighted by molar-refractivity contribution is 0.102. The molecule has 2 aromatic carbocycles. The molecule has 1 amide bonds. The van der Waals surface area contributed by atoms with Gasteiger partial charge in [-0.15, -0.1) is 0 Å². The van der Waals surface area contributed by atoms with Crippen LogP contribution in [0.25, 0.3) is 5.69 Å². The molecular weight excluding hydrogens is 374 g/mol. The van der Waals surface area contributed by atoms with Crippen molar-refractivity contribution in [3.8, 4) is 5.69 Å². The summed E-state index contributed by atoms with van der Waals surface area (Å²) in [6.07, 6.45) is 0. The van der Waals surface area contributed by atoms with Crippen molar-refractivity contribution in [1.82, 2.24) is 9.78 Å². The second-order valence-electron chi connectivity index (χ2n) is 5.99. The highest BCUT2D eigenvalue weighted by Crippen LogP contribution is 2.33. The zero-order chi connectivity index (χ0) is 18.3. The monoisotopic (exact) mass is 387 g/mol. The summed E-state index contributed by atoms with van der Waals surface area (Å²) in [6, 6.07) is 15.9. The largest absolute Gasteiger partial charge is 0.306 e. The smallest absolute Gasteiger partial charge is 0.258 e. The Kier molecular flexibility index (Phi) is 4.05. The summed E-state index contributed by atoms with van der Waals surface area (Å²) in [5.41, 5.74) is 2.02. The number of benzene rings is 2. The lowest BCUT2D eigenvalue weighted by Gasteiger charge is -2.11. The Morgan fingerprint density at radius 2 is 1.73 bits per heavy atom. The molecule has 0 saturated heterocycles. The minimum absolute atomic E-state index is 0.128. The van der Waals surface area contributed by atoms with E-state index >= 15 is 0 Å². The Labute approximate surface area is 155 Å². The molecule has 132 valence electrons. The van der Waals surface area contributed by atoms with Crippen LogP contribution in [-0.4, -0.2) is 24.1 Å². The molecule has 1 aliphatic heterocycles. The van der Waals surface area contributed by atoms with Crippen molar-refractivity contribution in [3.05, 3.63) is 76.4 Å². The van der Waals surface area contributed by atoms with Crippen LogP contribution in [0.2, 0.25) is 5.02 Å². The van der Waals surface area contributed by atoms with Crippen molar-refractivity contribution in [2.24, 2.45) is 0 Å². The number of carbonyl (C=O) groups excluding carboxylic acids is 1. The van der Waals surface area contributed by atoms with Crippen molar-refractivity contribution in [2.45, 2.75) is 11.5 Å². The van der Waals surface area contributed by atoms with E-state index in [1.54, 1.807) is 28.9 Å². The van der Waals surface area contributed by atoms with Gasteiger partial charge in [0.2, 0.25) is 0 Å². The van der Waals surface area contributed by atoms with Crippen LogP contribution in [-0.2, 0) is 21.3 Å². The highest BCUT2D eigenvalue weighted by Gasteiger charge is 2.33. The first-order valence-electron chi connectivity index (χ1n) is 7.87.